The quantitative estimate of drug-likeness (QED) is 0.427. The van der Waals surface area contributed by atoms with Crippen LogP contribution < -0.4 is 0 Å². The third kappa shape index (κ3) is 2.71. The molecule has 4 saturated carbocycles. The molecule has 0 aromatic carbocycles. The van der Waals surface area contributed by atoms with E-state index >= 15 is 0 Å². The van der Waals surface area contributed by atoms with E-state index in [1.165, 1.54) is 37.7 Å². The van der Waals surface area contributed by atoms with E-state index in [1.54, 1.807) is 0 Å². The van der Waals surface area contributed by atoms with Gasteiger partial charge in [0.2, 0.25) is 0 Å². The Morgan fingerprint density at radius 3 is 2.19 bits per heavy atom. The minimum atomic E-state index is -0.245. The van der Waals surface area contributed by atoms with Crippen molar-refractivity contribution < 1.29 is 9.90 Å². The lowest BCUT2D eigenvalue weighted by molar-refractivity contribution is -0.202. The number of hydrogen-bond acceptors (Lipinski definition) is 2. The van der Waals surface area contributed by atoms with Crippen LogP contribution in [-0.4, -0.2) is 17.0 Å². The summed E-state index contributed by atoms with van der Waals surface area (Å²) in [6.45, 7) is 19.4. The maximum absolute atomic E-state index is 14.2. The largest absolute Gasteiger partial charge is 0.393 e. The molecular weight excluding hydrogens is 392 g/mol. The second kappa shape index (κ2) is 6.52. The third-order valence-electron chi connectivity index (χ3n) is 12.8. The second-order valence-electron chi connectivity index (χ2n) is 15.2. The average Bonchev–Trinajstić information content (AvgIpc) is 2.68. The molecule has 2 heteroatoms. The normalized spacial score (nSPS) is 53.9. The van der Waals surface area contributed by atoms with Gasteiger partial charge in [-0.3, -0.25) is 4.79 Å². The predicted molar refractivity (Wildman–Crippen MR) is 131 cm³/mol. The van der Waals surface area contributed by atoms with Crippen LogP contribution in [0.5, 0.6) is 0 Å². The zero-order chi connectivity index (χ0) is 23.5. The molecule has 1 N–H and O–H groups in total. The van der Waals surface area contributed by atoms with E-state index in [2.05, 4.69) is 61.5 Å². The molecule has 0 aliphatic heterocycles. The lowest BCUT2D eigenvalue weighted by Gasteiger charge is -2.70. The maximum Gasteiger partial charge on any atom is 0.159 e. The Labute approximate surface area is 197 Å². The van der Waals surface area contributed by atoms with Gasteiger partial charge in [0, 0.05) is 5.92 Å². The van der Waals surface area contributed by atoms with Crippen molar-refractivity contribution in [1.29, 1.82) is 0 Å². The molecule has 5 aliphatic rings. The molecule has 2 nitrogen and oxygen atoms in total. The third-order valence-corrected chi connectivity index (χ3v) is 12.8. The first-order valence-electron chi connectivity index (χ1n) is 13.5. The van der Waals surface area contributed by atoms with Gasteiger partial charge in [-0.15, -0.1) is 0 Å². The molecule has 0 aromatic rings. The smallest absolute Gasteiger partial charge is 0.159 e. The van der Waals surface area contributed by atoms with Crippen LogP contribution in [0.25, 0.3) is 0 Å². The molecule has 0 bridgehead atoms. The molecule has 0 heterocycles. The fourth-order valence-corrected chi connectivity index (χ4v) is 10.3. The van der Waals surface area contributed by atoms with Crippen LogP contribution in [-0.2, 0) is 4.79 Å². The first-order chi connectivity index (χ1) is 14.6. The van der Waals surface area contributed by atoms with E-state index in [-0.39, 0.29) is 33.7 Å². The van der Waals surface area contributed by atoms with E-state index in [1.807, 2.05) is 0 Å². The van der Waals surface area contributed by atoms with Crippen LogP contribution in [0.4, 0.5) is 0 Å². The first kappa shape index (κ1) is 23.1. The first-order valence-corrected chi connectivity index (χ1v) is 13.5. The molecule has 8 atom stereocenters. The Morgan fingerprint density at radius 1 is 0.844 bits per heavy atom. The minimum absolute atomic E-state index is 0.00948. The number of carbonyl (C=O) groups excluding carboxylic acids is 1. The molecule has 0 aromatic heterocycles. The summed E-state index contributed by atoms with van der Waals surface area (Å²) in [7, 11) is 0. The molecule has 32 heavy (non-hydrogen) atoms. The summed E-state index contributed by atoms with van der Waals surface area (Å²) >= 11 is 0. The molecule has 180 valence electrons. The Balaban J connectivity index is 1.63. The monoisotopic (exact) mass is 440 g/mol. The molecule has 3 unspecified atom stereocenters. The van der Waals surface area contributed by atoms with Gasteiger partial charge < -0.3 is 5.11 Å². The maximum atomic E-state index is 14.2. The summed E-state index contributed by atoms with van der Waals surface area (Å²) in [6.07, 6.45) is 12.4. The zero-order valence-corrected chi connectivity index (χ0v) is 22.1. The molecule has 0 saturated heterocycles. The Kier molecular flexibility index (Phi) is 4.71. The average molecular weight is 441 g/mol. The number of ketones is 1. The van der Waals surface area contributed by atoms with Gasteiger partial charge in [0.25, 0.3) is 0 Å². The topological polar surface area (TPSA) is 37.3 Å². The van der Waals surface area contributed by atoms with E-state index in [0.717, 1.165) is 25.7 Å². The van der Waals surface area contributed by atoms with E-state index < -0.39 is 0 Å². The van der Waals surface area contributed by atoms with Crippen LogP contribution in [0.3, 0.4) is 0 Å². The fraction of sp³-hybridized carbons (Fsp3) is 0.900. The van der Waals surface area contributed by atoms with Crippen molar-refractivity contribution >= 4 is 5.78 Å². The molecule has 5 aliphatic carbocycles. The minimum Gasteiger partial charge on any atom is -0.393 e. The van der Waals surface area contributed by atoms with Gasteiger partial charge in [0.05, 0.1) is 6.10 Å². The van der Waals surface area contributed by atoms with Crippen LogP contribution in [0.15, 0.2) is 11.6 Å². The molecule has 0 spiro atoms. The van der Waals surface area contributed by atoms with Crippen molar-refractivity contribution in [1.82, 2.24) is 0 Å². The standard InChI is InChI=1S/C30H48O2/c1-25(2)13-14-27(5)15-16-29(7)19(20(27)18-25)17-21(31)24-28(6)11-10-23(32)26(3,4)22(28)9-12-30(24,29)8/h17,20,22-24,32H,9-16,18H2,1-8H3/t20-,22?,23?,24?,27-,28+,29-,30-/m1/s1. The molecular formula is C30H48O2. The number of allylic oxidation sites excluding steroid dienone is 2. The van der Waals surface area contributed by atoms with Crippen molar-refractivity contribution in [3.05, 3.63) is 11.6 Å². The van der Waals surface area contributed by atoms with E-state index in [4.69, 9.17) is 0 Å². The highest BCUT2D eigenvalue weighted by Crippen LogP contribution is 2.75. The Bertz CT molecular complexity index is 866. The number of carbonyl (C=O) groups is 1. The van der Waals surface area contributed by atoms with Crippen molar-refractivity contribution in [3.8, 4) is 0 Å². The molecule has 0 amide bonds. The summed E-state index contributed by atoms with van der Waals surface area (Å²) in [4.78, 5) is 14.2. The van der Waals surface area contributed by atoms with Gasteiger partial charge in [0.15, 0.2) is 5.78 Å². The Hall–Kier alpha value is -0.630. The molecule has 0 radical (unpaired) electrons. The molecule has 4 fully saturated rings. The van der Waals surface area contributed by atoms with Crippen LogP contribution >= 0.6 is 0 Å². The number of fused-ring (bicyclic) bond motifs is 7. The number of hydrogen-bond donors (Lipinski definition) is 1. The van der Waals surface area contributed by atoms with Gasteiger partial charge in [-0.25, -0.2) is 0 Å². The van der Waals surface area contributed by atoms with Crippen LogP contribution in [0.1, 0.15) is 113 Å². The van der Waals surface area contributed by atoms with Gasteiger partial charge in [-0.05, 0) is 108 Å². The van der Waals surface area contributed by atoms with Crippen LogP contribution in [0.2, 0.25) is 0 Å². The van der Waals surface area contributed by atoms with E-state index in [0.29, 0.717) is 28.4 Å². The van der Waals surface area contributed by atoms with Crippen molar-refractivity contribution in [2.45, 2.75) is 119 Å². The van der Waals surface area contributed by atoms with Crippen molar-refractivity contribution in [3.63, 3.8) is 0 Å². The SMILES string of the molecule is CC1(C)CC[C@]2(C)CC[C@]3(C)C(=CC(=O)C4[C@@]5(C)CCC(O)C(C)(C)C5CC[C@]43C)[C@H]2C1. The highest BCUT2D eigenvalue weighted by molar-refractivity contribution is 5.95. The zero-order valence-electron chi connectivity index (χ0n) is 22.1. The Morgan fingerprint density at radius 2 is 1.50 bits per heavy atom. The summed E-state index contributed by atoms with van der Waals surface area (Å²) in [6, 6.07) is 0. The van der Waals surface area contributed by atoms with Gasteiger partial charge >= 0.3 is 0 Å². The van der Waals surface area contributed by atoms with Gasteiger partial charge in [0.1, 0.15) is 0 Å². The second-order valence-corrected chi connectivity index (χ2v) is 15.2. The number of aliphatic hydroxyl groups excluding tert-OH is 1. The van der Waals surface area contributed by atoms with Gasteiger partial charge in [-0.2, -0.15) is 0 Å². The van der Waals surface area contributed by atoms with Crippen molar-refractivity contribution in [2.75, 3.05) is 0 Å². The van der Waals surface area contributed by atoms with Crippen molar-refractivity contribution in [2.24, 2.45) is 50.2 Å². The van der Waals surface area contributed by atoms with Gasteiger partial charge in [-0.1, -0.05) is 61.0 Å². The van der Waals surface area contributed by atoms with E-state index in [9.17, 15) is 9.90 Å². The number of rotatable bonds is 0. The summed E-state index contributed by atoms with van der Waals surface area (Å²) < 4.78 is 0. The lowest BCUT2D eigenvalue weighted by Crippen LogP contribution is -2.66. The highest BCUT2D eigenvalue weighted by Gasteiger charge is 2.69. The summed E-state index contributed by atoms with van der Waals surface area (Å²) in [5, 5.41) is 10.9. The summed E-state index contributed by atoms with van der Waals surface area (Å²) in [5.41, 5.74) is 2.29. The number of aliphatic hydroxyl groups is 1. The highest BCUT2D eigenvalue weighted by atomic mass is 16.3. The van der Waals surface area contributed by atoms with Crippen LogP contribution in [0, 0.1) is 50.2 Å². The lowest BCUT2D eigenvalue weighted by atomic mass is 9.33. The predicted octanol–water partition coefficient (Wildman–Crippen LogP) is 7.35. The summed E-state index contributed by atoms with van der Waals surface area (Å²) in [5.74, 6) is 1.49. The molecule has 5 rings (SSSR count). The fourth-order valence-electron chi connectivity index (χ4n) is 10.3.